The fourth-order valence-electron chi connectivity index (χ4n) is 2.11. The molecule has 0 saturated carbocycles. The van der Waals surface area contributed by atoms with Crippen LogP contribution in [-0.2, 0) is 13.2 Å². The van der Waals surface area contributed by atoms with E-state index in [1.54, 1.807) is 0 Å². The van der Waals surface area contributed by atoms with Crippen LogP contribution >= 0.6 is 0 Å². The summed E-state index contributed by atoms with van der Waals surface area (Å²) in [6, 6.07) is 0. The molecule has 0 bridgehead atoms. The maximum atomic E-state index is 8.87. The minimum atomic E-state index is -0.0221. The first-order chi connectivity index (χ1) is 7.31. The quantitative estimate of drug-likeness (QED) is 0.766. The molecule has 0 aliphatic carbocycles. The van der Waals surface area contributed by atoms with Gasteiger partial charge in [0.25, 0.3) is 0 Å². The van der Waals surface area contributed by atoms with Gasteiger partial charge in [-0.3, -0.25) is 4.68 Å². The van der Waals surface area contributed by atoms with Crippen LogP contribution in [0.5, 0.6) is 0 Å². The molecule has 2 heterocycles. The Morgan fingerprint density at radius 3 is 3.07 bits per heavy atom. The van der Waals surface area contributed by atoms with Gasteiger partial charge < -0.3 is 10.0 Å². The number of hydrogen-bond donors (Lipinski definition) is 1. The maximum absolute atomic E-state index is 8.87. The first-order valence-electron chi connectivity index (χ1n) is 5.54. The highest BCUT2D eigenvalue weighted by Crippen LogP contribution is 2.17. The smallest absolute Gasteiger partial charge is 0.108 e. The molecule has 0 unspecified atom stereocenters. The molecule has 1 N–H and O–H groups in total. The van der Waals surface area contributed by atoms with Crippen LogP contribution in [0.4, 0.5) is 0 Å². The molecule has 1 aromatic rings. The number of nitrogens with zero attached hydrogens (tertiary/aromatic N) is 4. The van der Waals surface area contributed by atoms with E-state index < -0.39 is 0 Å². The van der Waals surface area contributed by atoms with Gasteiger partial charge in [0, 0.05) is 13.1 Å². The second-order valence-electron chi connectivity index (χ2n) is 4.14. The summed E-state index contributed by atoms with van der Waals surface area (Å²) in [5.74, 6) is 0.679. The van der Waals surface area contributed by atoms with E-state index in [9.17, 15) is 0 Å². The highest BCUT2D eigenvalue weighted by molar-refractivity contribution is 4.89. The van der Waals surface area contributed by atoms with Crippen molar-refractivity contribution in [3.05, 3.63) is 11.9 Å². The van der Waals surface area contributed by atoms with Crippen molar-refractivity contribution < 1.29 is 5.11 Å². The van der Waals surface area contributed by atoms with E-state index in [1.807, 2.05) is 10.9 Å². The van der Waals surface area contributed by atoms with Crippen molar-refractivity contribution >= 4 is 0 Å². The fraction of sp³-hybridized carbons (Fsp3) is 0.800. The Morgan fingerprint density at radius 2 is 2.47 bits per heavy atom. The molecule has 2 rings (SSSR count). The summed E-state index contributed by atoms with van der Waals surface area (Å²) in [6.45, 7) is 6.58. The van der Waals surface area contributed by atoms with Gasteiger partial charge in [-0.1, -0.05) is 12.1 Å². The Bertz CT molecular complexity index is 312. The Balaban J connectivity index is 1.87. The van der Waals surface area contributed by atoms with E-state index in [4.69, 9.17) is 5.11 Å². The van der Waals surface area contributed by atoms with Crippen LogP contribution in [0.15, 0.2) is 6.20 Å². The van der Waals surface area contributed by atoms with Crippen LogP contribution in [0.1, 0.15) is 19.0 Å². The molecule has 5 nitrogen and oxygen atoms in total. The van der Waals surface area contributed by atoms with Gasteiger partial charge in [0.15, 0.2) is 0 Å². The third-order valence-corrected chi connectivity index (χ3v) is 3.01. The van der Waals surface area contributed by atoms with Crippen molar-refractivity contribution in [1.29, 1.82) is 0 Å². The Hall–Kier alpha value is -0.940. The Morgan fingerprint density at radius 1 is 1.60 bits per heavy atom. The van der Waals surface area contributed by atoms with Crippen molar-refractivity contribution in [3.63, 3.8) is 0 Å². The van der Waals surface area contributed by atoms with E-state index in [2.05, 4.69) is 22.1 Å². The standard InChI is InChI=1S/C10H18N4O/c1-2-13-4-3-9(5-13)6-14-7-10(8-15)11-12-14/h7,9,15H,2-6,8H2,1H3/t9-/m0/s1. The third kappa shape index (κ3) is 2.54. The van der Waals surface area contributed by atoms with Crippen LogP contribution in [-0.4, -0.2) is 44.6 Å². The van der Waals surface area contributed by atoms with Crippen LogP contribution < -0.4 is 0 Å². The van der Waals surface area contributed by atoms with Crippen molar-refractivity contribution in [1.82, 2.24) is 19.9 Å². The molecule has 1 fully saturated rings. The third-order valence-electron chi connectivity index (χ3n) is 3.01. The fourth-order valence-corrected chi connectivity index (χ4v) is 2.11. The topological polar surface area (TPSA) is 54.2 Å². The molecule has 0 aromatic carbocycles. The molecular weight excluding hydrogens is 192 g/mol. The highest BCUT2D eigenvalue weighted by atomic mass is 16.3. The van der Waals surface area contributed by atoms with Gasteiger partial charge in [-0.15, -0.1) is 5.10 Å². The molecule has 84 valence electrons. The van der Waals surface area contributed by atoms with Crippen LogP contribution in [0.25, 0.3) is 0 Å². The molecule has 1 saturated heterocycles. The summed E-state index contributed by atoms with van der Waals surface area (Å²) in [6.07, 6.45) is 3.07. The highest BCUT2D eigenvalue weighted by Gasteiger charge is 2.21. The van der Waals surface area contributed by atoms with Crippen LogP contribution in [0, 0.1) is 5.92 Å². The summed E-state index contributed by atoms with van der Waals surface area (Å²) in [7, 11) is 0. The number of likely N-dealkylation sites (tertiary alicyclic amines) is 1. The zero-order chi connectivity index (χ0) is 10.7. The zero-order valence-corrected chi connectivity index (χ0v) is 9.13. The molecule has 15 heavy (non-hydrogen) atoms. The zero-order valence-electron chi connectivity index (χ0n) is 9.13. The van der Waals surface area contributed by atoms with E-state index in [-0.39, 0.29) is 6.61 Å². The molecule has 1 aliphatic rings. The minimum absolute atomic E-state index is 0.0221. The lowest BCUT2D eigenvalue weighted by molar-refractivity contribution is 0.276. The lowest BCUT2D eigenvalue weighted by Crippen LogP contribution is -2.21. The number of rotatable bonds is 4. The van der Waals surface area contributed by atoms with Gasteiger partial charge in [0.2, 0.25) is 0 Å². The first kappa shape index (κ1) is 10.6. The summed E-state index contributed by atoms with van der Waals surface area (Å²) in [4.78, 5) is 2.45. The molecule has 0 spiro atoms. The molecule has 0 amide bonds. The van der Waals surface area contributed by atoms with Gasteiger partial charge in [-0.05, 0) is 25.4 Å². The van der Waals surface area contributed by atoms with Crippen LogP contribution in [0.2, 0.25) is 0 Å². The molecule has 1 aromatic heterocycles. The normalized spacial score (nSPS) is 22.4. The molecule has 1 aliphatic heterocycles. The van der Waals surface area contributed by atoms with E-state index in [1.165, 1.54) is 13.0 Å². The van der Waals surface area contributed by atoms with E-state index in [0.717, 1.165) is 19.6 Å². The monoisotopic (exact) mass is 210 g/mol. The van der Waals surface area contributed by atoms with Crippen molar-refractivity contribution in [3.8, 4) is 0 Å². The molecule has 0 radical (unpaired) electrons. The predicted molar refractivity (Wildman–Crippen MR) is 56.2 cm³/mol. The lowest BCUT2D eigenvalue weighted by Gasteiger charge is -2.12. The van der Waals surface area contributed by atoms with E-state index >= 15 is 0 Å². The number of hydrogen-bond acceptors (Lipinski definition) is 4. The van der Waals surface area contributed by atoms with Crippen LogP contribution in [0.3, 0.4) is 0 Å². The first-order valence-corrected chi connectivity index (χ1v) is 5.54. The lowest BCUT2D eigenvalue weighted by atomic mass is 10.1. The largest absolute Gasteiger partial charge is 0.390 e. The Kier molecular flexibility index (Phi) is 3.33. The summed E-state index contributed by atoms with van der Waals surface area (Å²) < 4.78 is 1.84. The van der Waals surface area contributed by atoms with Crippen molar-refractivity contribution in [2.24, 2.45) is 5.92 Å². The van der Waals surface area contributed by atoms with E-state index in [0.29, 0.717) is 11.6 Å². The molecular formula is C10H18N4O. The second kappa shape index (κ2) is 4.72. The summed E-state index contributed by atoms with van der Waals surface area (Å²) in [5.41, 5.74) is 0.653. The Labute approximate surface area is 89.7 Å². The van der Waals surface area contributed by atoms with Gasteiger partial charge >= 0.3 is 0 Å². The SMILES string of the molecule is CCN1CC[C@H](Cn2cc(CO)nn2)C1. The van der Waals surface area contributed by atoms with Gasteiger partial charge in [0.1, 0.15) is 5.69 Å². The van der Waals surface area contributed by atoms with Crippen molar-refractivity contribution in [2.45, 2.75) is 26.5 Å². The predicted octanol–water partition coefficient (Wildman–Crippen LogP) is 0.112. The maximum Gasteiger partial charge on any atom is 0.108 e. The number of aliphatic hydroxyl groups excluding tert-OH is 1. The minimum Gasteiger partial charge on any atom is -0.390 e. The average Bonchev–Trinajstić information content (AvgIpc) is 2.87. The number of aromatic nitrogens is 3. The summed E-state index contributed by atoms with van der Waals surface area (Å²) in [5, 5.41) is 16.7. The van der Waals surface area contributed by atoms with Gasteiger partial charge in [0.05, 0.1) is 12.8 Å². The molecule has 5 heteroatoms. The average molecular weight is 210 g/mol. The van der Waals surface area contributed by atoms with Crippen molar-refractivity contribution in [2.75, 3.05) is 19.6 Å². The number of aliphatic hydroxyl groups is 1. The second-order valence-corrected chi connectivity index (χ2v) is 4.14. The summed E-state index contributed by atoms with van der Waals surface area (Å²) >= 11 is 0. The molecule has 1 atom stereocenters. The van der Waals surface area contributed by atoms with Gasteiger partial charge in [-0.25, -0.2) is 0 Å². The van der Waals surface area contributed by atoms with Gasteiger partial charge in [-0.2, -0.15) is 0 Å².